The second-order valence-electron chi connectivity index (χ2n) is 38.9. The summed E-state index contributed by atoms with van der Waals surface area (Å²) in [6.45, 7) is 4.62. The molecule has 0 unspecified atom stereocenters. The number of hydrogen-bond donors (Lipinski definition) is 0. The van der Waals surface area contributed by atoms with Gasteiger partial charge in [-0.1, -0.05) is 642 Å². The van der Waals surface area contributed by atoms with Gasteiger partial charge in [-0.25, -0.2) is 16.8 Å². The number of rotatable bonds is 100. The summed E-state index contributed by atoms with van der Waals surface area (Å²) in [5.41, 5.74) is 1.91. The molecule has 0 atom stereocenters. The van der Waals surface area contributed by atoms with E-state index >= 15 is 0 Å². The van der Waals surface area contributed by atoms with E-state index in [-0.39, 0.29) is 47.5 Å². The fourth-order valence-electron chi connectivity index (χ4n) is 18.8. The second-order valence-corrected chi connectivity index (χ2v) is 41.7. The van der Waals surface area contributed by atoms with Crippen molar-refractivity contribution in [2.45, 2.75) is 653 Å². The molecule has 2 rings (SSSR count). The van der Waals surface area contributed by atoms with Crippen molar-refractivity contribution >= 4 is 58.0 Å². The fourth-order valence-corrected chi connectivity index (χ4v) is 19.9. The molecule has 121 heavy (non-hydrogen) atoms. The van der Waals surface area contributed by atoms with Gasteiger partial charge in [0.05, 0.1) is 9.79 Å². The molecule has 0 heterocycles. The average molecular weight is 1760 g/mol. The van der Waals surface area contributed by atoms with Crippen molar-refractivity contribution < 1.29 is 25.9 Å². The van der Waals surface area contributed by atoms with Crippen LogP contribution >= 0.6 is 0 Å². The first-order valence-corrected chi connectivity index (χ1v) is 58.0. The number of hydrogen-bond acceptors (Lipinski definition) is 6. The predicted octanol–water partition coefficient (Wildman–Crippen LogP) is 39.4. The van der Waals surface area contributed by atoms with Gasteiger partial charge in [0.25, 0.3) is 0 Å². The zero-order chi connectivity index (χ0) is 86.3. The maximum Gasteiger partial charge on any atom is 2.00 e. The van der Waals surface area contributed by atoms with E-state index in [4.69, 9.17) is 0 Å². The SMILES string of the molecule is CCCCCCCCCCCCCCCCCCCCCCCCCCCCCCCCCCCCCCCCCCCCCCCCCCc1cccc(S(=O)(=O)[O-])c1.CCCCCCCCCCCCCCCCCCCCCCCCCCCCCCCCCCCCCCCCCCCCCCCCCCc1cccc(S(=O)(=O)[O-])c1.[Ca+2]. The van der Waals surface area contributed by atoms with Gasteiger partial charge in [0, 0.05) is 0 Å². The molecule has 0 aromatic heterocycles. The summed E-state index contributed by atoms with van der Waals surface area (Å²) in [4.78, 5) is -0.208. The molecule has 0 amide bonds. The van der Waals surface area contributed by atoms with Crippen LogP contribution in [0.5, 0.6) is 0 Å². The molecular formula is C112H210CaO6S2. The van der Waals surface area contributed by atoms with Gasteiger partial charge in [0.1, 0.15) is 20.2 Å². The number of unbranched alkanes of at least 4 members (excludes halogenated alkanes) is 94. The van der Waals surface area contributed by atoms with E-state index in [1.807, 2.05) is 12.1 Å². The van der Waals surface area contributed by atoms with E-state index in [2.05, 4.69) is 13.8 Å². The van der Waals surface area contributed by atoms with Gasteiger partial charge in [0.15, 0.2) is 0 Å². The summed E-state index contributed by atoms with van der Waals surface area (Å²) in [5.74, 6) is 0. The normalized spacial score (nSPS) is 11.8. The largest absolute Gasteiger partial charge is 2.00 e. The van der Waals surface area contributed by atoms with Crippen molar-refractivity contribution in [1.29, 1.82) is 0 Å². The molecule has 2 aromatic rings. The van der Waals surface area contributed by atoms with E-state index in [1.54, 1.807) is 12.1 Å². The maximum atomic E-state index is 11.2. The molecule has 0 spiro atoms. The summed E-state index contributed by atoms with van der Waals surface area (Å²) in [6.07, 6.45) is 140. The van der Waals surface area contributed by atoms with Crippen LogP contribution < -0.4 is 0 Å². The van der Waals surface area contributed by atoms with Crippen molar-refractivity contribution in [3.8, 4) is 0 Å². The zero-order valence-electron chi connectivity index (χ0n) is 81.9. The Morgan fingerprint density at radius 3 is 0.364 bits per heavy atom. The molecule has 0 N–H and O–H groups in total. The van der Waals surface area contributed by atoms with Gasteiger partial charge in [-0.2, -0.15) is 0 Å². The second kappa shape index (κ2) is 100. The van der Waals surface area contributed by atoms with E-state index in [0.29, 0.717) is 0 Å². The van der Waals surface area contributed by atoms with Gasteiger partial charge in [0.2, 0.25) is 0 Å². The first-order chi connectivity index (χ1) is 59.1. The molecule has 0 saturated carbocycles. The summed E-state index contributed by atoms with van der Waals surface area (Å²) in [5, 5.41) is 0. The van der Waals surface area contributed by atoms with Crippen LogP contribution in [0.4, 0.5) is 0 Å². The van der Waals surface area contributed by atoms with Crippen molar-refractivity contribution in [2.75, 3.05) is 0 Å². The Kier molecular flexibility index (Phi) is 99.7. The average Bonchev–Trinajstić information content (AvgIpc) is 0.862. The first kappa shape index (κ1) is 121. The third kappa shape index (κ3) is 95.4. The summed E-state index contributed by atoms with van der Waals surface area (Å²) in [6, 6.07) is 13.0. The van der Waals surface area contributed by atoms with Crippen LogP contribution in [-0.2, 0) is 33.1 Å². The Bertz CT molecular complexity index is 2350. The topological polar surface area (TPSA) is 114 Å². The van der Waals surface area contributed by atoms with Crippen LogP contribution in [-0.4, -0.2) is 63.7 Å². The Labute approximate surface area is 789 Å². The molecule has 0 aliphatic heterocycles. The van der Waals surface area contributed by atoms with Gasteiger partial charge >= 0.3 is 37.7 Å². The quantitative estimate of drug-likeness (QED) is 0.0370. The third-order valence-electron chi connectivity index (χ3n) is 27.0. The van der Waals surface area contributed by atoms with E-state index in [1.165, 1.54) is 628 Å². The van der Waals surface area contributed by atoms with Gasteiger partial charge in [-0.3, -0.25) is 0 Å². The minimum absolute atomic E-state index is 0. The monoisotopic (exact) mass is 1760 g/mol. The predicted molar refractivity (Wildman–Crippen MR) is 537 cm³/mol. The Balaban J connectivity index is 0.00000236. The fraction of sp³-hybridized carbons (Fsp3) is 0.893. The van der Waals surface area contributed by atoms with Crippen LogP contribution in [0.1, 0.15) is 641 Å². The smallest absolute Gasteiger partial charge is 0.744 e. The maximum absolute atomic E-state index is 11.2. The zero-order valence-corrected chi connectivity index (χ0v) is 85.7. The van der Waals surface area contributed by atoms with Crippen molar-refractivity contribution in [1.82, 2.24) is 0 Å². The van der Waals surface area contributed by atoms with Crippen LogP contribution in [0.2, 0.25) is 0 Å². The number of benzene rings is 2. The third-order valence-corrected chi connectivity index (χ3v) is 28.7. The van der Waals surface area contributed by atoms with Crippen molar-refractivity contribution in [2.24, 2.45) is 0 Å². The molecule has 6 nitrogen and oxygen atoms in total. The van der Waals surface area contributed by atoms with Crippen LogP contribution in [0.3, 0.4) is 0 Å². The minimum Gasteiger partial charge on any atom is -0.744 e. The molecule has 9 heteroatoms. The van der Waals surface area contributed by atoms with Crippen molar-refractivity contribution in [3.63, 3.8) is 0 Å². The molecule has 0 aliphatic rings. The molecule has 0 saturated heterocycles. The Morgan fingerprint density at radius 2 is 0.264 bits per heavy atom. The van der Waals surface area contributed by atoms with E-state index < -0.39 is 20.2 Å². The van der Waals surface area contributed by atoms with Crippen LogP contribution in [0.15, 0.2) is 58.3 Å². The van der Waals surface area contributed by atoms with E-state index in [9.17, 15) is 25.9 Å². The van der Waals surface area contributed by atoms with Gasteiger partial charge < -0.3 is 9.11 Å². The van der Waals surface area contributed by atoms with Gasteiger partial charge in [-0.15, -0.1) is 0 Å². The van der Waals surface area contributed by atoms with E-state index in [0.717, 1.165) is 36.8 Å². The Hall–Kier alpha value is -0.480. The first-order valence-electron chi connectivity index (χ1n) is 55.2. The van der Waals surface area contributed by atoms with Crippen LogP contribution in [0.25, 0.3) is 0 Å². The molecule has 0 fully saturated rings. The van der Waals surface area contributed by atoms with Crippen LogP contribution in [0, 0.1) is 0 Å². The standard InChI is InChI=1S/2C56H106O3S.Ca/c2*1-2-3-4-5-6-7-8-9-10-11-12-13-14-15-16-17-18-19-20-21-22-23-24-25-26-27-28-29-30-31-32-33-34-35-36-37-38-39-40-41-42-43-44-45-46-47-48-49-51-55-52-50-53-56(54-55)60(57,58)59;/h2*50,52-54H,2-49,51H2,1H3,(H,57,58,59);/q;;+2/p-2. The molecular weight excluding hydrogens is 1550 g/mol. The minimum atomic E-state index is -4.35. The molecule has 0 bridgehead atoms. The molecule has 708 valence electrons. The summed E-state index contributed by atoms with van der Waals surface area (Å²) < 4.78 is 67.1. The van der Waals surface area contributed by atoms with Crippen molar-refractivity contribution in [3.05, 3.63) is 59.7 Å². The summed E-state index contributed by atoms with van der Waals surface area (Å²) >= 11 is 0. The number of aryl methyl sites for hydroxylation is 2. The Morgan fingerprint density at radius 1 is 0.165 bits per heavy atom. The van der Waals surface area contributed by atoms with Gasteiger partial charge in [-0.05, 0) is 61.1 Å². The molecule has 0 radical (unpaired) electrons. The molecule has 2 aromatic carbocycles. The molecule has 0 aliphatic carbocycles. The summed E-state index contributed by atoms with van der Waals surface area (Å²) in [7, 11) is -8.70.